The summed E-state index contributed by atoms with van der Waals surface area (Å²) < 4.78 is 2.68. The molecule has 0 fully saturated rings. The number of hydrogen-bond acceptors (Lipinski definition) is 3. The summed E-state index contributed by atoms with van der Waals surface area (Å²) in [5.41, 5.74) is 7.61. The van der Waals surface area contributed by atoms with Crippen LogP contribution in [0.3, 0.4) is 0 Å². The van der Waals surface area contributed by atoms with Crippen molar-refractivity contribution in [2.24, 2.45) is 7.05 Å². The first-order valence-electron chi connectivity index (χ1n) is 4.08. The molecule has 0 unspecified atom stereocenters. The Labute approximate surface area is 89.9 Å². The highest BCUT2D eigenvalue weighted by atomic mass is 79.9. The van der Waals surface area contributed by atoms with Crippen LogP contribution in [0.25, 0.3) is 11.3 Å². The molecule has 0 aliphatic rings. The smallest absolute Gasteiger partial charge is 0.132 e. The van der Waals surface area contributed by atoms with Crippen LogP contribution < -0.4 is 5.73 Å². The molecule has 2 rings (SSSR count). The summed E-state index contributed by atoms with van der Waals surface area (Å²) in [4.78, 5) is 8.16. The Bertz CT molecular complexity index is 444. The Morgan fingerprint density at radius 3 is 2.79 bits per heavy atom. The first kappa shape index (κ1) is 9.21. The number of nitrogens with zero attached hydrogens (tertiary/aromatic N) is 3. The van der Waals surface area contributed by atoms with Crippen molar-refractivity contribution in [1.29, 1.82) is 0 Å². The van der Waals surface area contributed by atoms with E-state index in [0.717, 1.165) is 15.9 Å². The van der Waals surface area contributed by atoms with Crippen LogP contribution in [0.5, 0.6) is 0 Å². The Balaban J connectivity index is 2.66. The van der Waals surface area contributed by atoms with Gasteiger partial charge in [-0.1, -0.05) is 0 Å². The minimum Gasteiger partial charge on any atom is -0.383 e. The molecule has 2 N–H and O–H groups in total. The van der Waals surface area contributed by atoms with E-state index in [-0.39, 0.29) is 0 Å². The summed E-state index contributed by atoms with van der Waals surface area (Å²) >= 11 is 3.37. The van der Waals surface area contributed by atoms with Gasteiger partial charge in [0.1, 0.15) is 10.4 Å². The van der Waals surface area contributed by atoms with Crippen LogP contribution in [-0.4, -0.2) is 14.5 Å². The van der Waals surface area contributed by atoms with Gasteiger partial charge >= 0.3 is 0 Å². The van der Waals surface area contributed by atoms with Crippen molar-refractivity contribution in [1.82, 2.24) is 14.5 Å². The largest absolute Gasteiger partial charge is 0.383 e. The number of nitrogens with two attached hydrogens (primary N) is 1. The molecule has 0 atom stereocenters. The molecule has 0 spiro atoms. The number of imidazole rings is 1. The fourth-order valence-electron chi connectivity index (χ4n) is 1.32. The van der Waals surface area contributed by atoms with Gasteiger partial charge in [0.15, 0.2) is 0 Å². The van der Waals surface area contributed by atoms with Crippen LogP contribution in [0.1, 0.15) is 0 Å². The standard InChI is InChI=1S/C9H9BrN4/c1-14-5-13-8(10)7(14)6-3-2-4-12-9(6)11/h2-5H,1H3,(H2,11,12). The molecular formula is C9H9BrN4. The third-order valence-electron chi connectivity index (χ3n) is 1.99. The fraction of sp³-hybridized carbons (Fsp3) is 0.111. The molecule has 72 valence electrons. The quantitative estimate of drug-likeness (QED) is 0.843. The summed E-state index contributed by atoms with van der Waals surface area (Å²) in [5, 5.41) is 0. The molecule has 4 nitrogen and oxygen atoms in total. The Kier molecular flexibility index (Phi) is 2.25. The predicted molar refractivity (Wildman–Crippen MR) is 58.6 cm³/mol. The van der Waals surface area contributed by atoms with Gasteiger partial charge in [-0.2, -0.15) is 0 Å². The zero-order valence-corrected chi connectivity index (χ0v) is 9.19. The van der Waals surface area contributed by atoms with Gasteiger partial charge in [-0.05, 0) is 28.1 Å². The topological polar surface area (TPSA) is 56.7 Å². The molecule has 5 heteroatoms. The molecule has 0 saturated heterocycles. The highest BCUT2D eigenvalue weighted by molar-refractivity contribution is 9.10. The average molecular weight is 253 g/mol. The lowest BCUT2D eigenvalue weighted by Crippen LogP contribution is -1.97. The zero-order chi connectivity index (χ0) is 10.1. The third-order valence-corrected chi connectivity index (χ3v) is 2.57. The van der Waals surface area contributed by atoms with Crippen molar-refractivity contribution in [3.63, 3.8) is 0 Å². The third kappa shape index (κ3) is 1.39. The first-order chi connectivity index (χ1) is 6.70. The van der Waals surface area contributed by atoms with Gasteiger partial charge in [-0.15, -0.1) is 0 Å². The van der Waals surface area contributed by atoms with Gasteiger partial charge in [0.25, 0.3) is 0 Å². The molecule has 0 radical (unpaired) electrons. The van der Waals surface area contributed by atoms with Crippen molar-refractivity contribution < 1.29 is 0 Å². The first-order valence-corrected chi connectivity index (χ1v) is 4.87. The second-order valence-corrected chi connectivity index (χ2v) is 3.68. The zero-order valence-electron chi connectivity index (χ0n) is 7.61. The minimum absolute atomic E-state index is 0.511. The van der Waals surface area contributed by atoms with Gasteiger partial charge in [0.05, 0.1) is 12.0 Å². The van der Waals surface area contributed by atoms with E-state index < -0.39 is 0 Å². The normalized spacial score (nSPS) is 10.4. The molecule has 2 aromatic rings. The van der Waals surface area contributed by atoms with Crippen LogP contribution in [0.15, 0.2) is 29.3 Å². The second kappa shape index (κ2) is 3.42. The second-order valence-electron chi connectivity index (χ2n) is 2.93. The number of hydrogen-bond donors (Lipinski definition) is 1. The average Bonchev–Trinajstić information content (AvgIpc) is 2.48. The lowest BCUT2D eigenvalue weighted by Gasteiger charge is -2.05. The summed E-state index contributed by atoms with van der Waals surface area (Å²) in [5.74, 6) is 0.511. The van der Waals surface area contributed by atoms with Crippen molar-refractivity contribution in [3.8, 4) is 11.3 Å². The van der Waals surface area contributed by atoms with Gasteiger partial charge in [0.2, 0.25) is 0 Å². The number of aromatic nitrogens is 3. The van der Waals surface area contributed by atoms with Crippen LogP contribution >= 0.6 is 15.9 Å². The van der Waals surface area contributed by atoms with E-state index in [0.29, 0.717) is 5.82 Å². The number of nitrogen functional groups attached to an aromatic ring is 1. The van der Waals surface area contributed by atoms with Gasteiger partial charge in [-0.25, -0.2) is 9.97 Å². The molecule has 2 heterocycles. The van der Waals surface area contributed by atoms with E-state index >= 15 is 0 Å². The van der Waals surface area contributed by atoms with E-state index in [9.17, 15) is 0 Å². The Hall–Kier alpha value is -1.36. The van der Waals surface area contributed by atoms with Gasteiger partial charge < -0.3 is 10.3 Å². The Morgan fingerprint density at radius 1 is 1.43 bits per heavy atom. The fourth-order valence-corrected chi connectivity index (χ4v) is 1.91. The minimum atomic E-state index is 0.511. The molecule has 0 aliphatic carbocycles. The summed E-state index contributed by atoms with van der Waals surface area (Å²) in [6.07, 6.45) is 3.40. The van der Waals surface area contributed by atoms with Crippen molar-refractivity contribution in [2.45, 2.75) is 0 Å². The van der Waals surface area contributed by atoms with Crippen molar-refractivity contribution in [3.05, 3.63) is 29.3 Å². The van der Waals surface area contributed by atoms with Crippen molar-refractivity contribution in [2.75, 3.05) is 5.73 Å². The molecule has 14 heavy (non-hydrogen) atoms. The van der Waals surface area contributed by atoms with E-state index in [1.807, 2.05) is 23.7 Å². The molecule has 0 amide bonds. The number of pyridine rings is 1. The SMILES string of the molecule is Cn1cnc(Br)c1-c1cccnc1N. The van der Waals surface area contributed by atoms with Crippen LogP contribution in [0.2, 0.25) is 0 Å². The highest BCUT2D eigenvalue weighted by Gasteiger charge is 2.11. The van der Waals surface area contributed by atoms with E-state index in [1.54, 1.807) is 12.5 Å². The predicted octanol–water partition coefficient (Wildman–Crippen LogP) is 1.83. The molecule has 0 aromatic carbocycles. The highest BCUT2D eigenvalue weighted by Crippen LogP contribution is 2.29. The Morgan fingerprint density at radius 2 is 2.21 bits per heavy atom. The summed E-state index contributed by atoms with van der Waals surface area (Å²) in [6, 6.07) is 3.77. The number of aryl methyl sites for hydroxylation is 1. The lowest BCUT2D eigenvalue weighted by molar-refractivity contribution is 0.921. The van der Waals surface area contributed by atoms with Crippen LogP contribution in [0, 0.1) is 0 Å². The number of anilines is 1. The molecule has 0 bridgehead atoms. The van der Waals surface area contributed by atoms with Crippen LogP contribution in [-0.2, 0) is 7.05 Å². The maximum atomic E-state index is 5.78. The van der Waals surface area contributed by atoms with E-state index in [4.69, 9.17) is 5.73 Å². The maximum absolute atomic E-state index is 5.78. The number of rotatable bonds is 1. The van der Waals surface area contributed by atoms with E-state index in [2.05, 4.69) is 25.9 Å². The molecular weight excluding hydrogens is 244 g/mol. The monoisotopic (exact) mass is 252 g/mol. The van der Waals surface area contributed by atoms with Gasteiger partial charge in [0, 0.05) is 18.8 Å². The summed E-state index contributed by atoms with van der Waals surface area (Å²) in [6.45, 7) is 0. The lowest BCUT2D eigenvalue weighted by atomic mass is 10.2. The maximum Gasteiger partial charge on any atom is 0.132 e. The molecule has 0 saturated carbocycles. The number of halogens is 1. The van der Waals surface area contributed by atoms with Gasteiger partial charge in [-0.3, -0.25) is 0 Å². The molecule has 2 aromatic heterocycles. The van der Waals surface area contributed by atoms with Crippen molar-refractivity contribution >= 4 is 21.7 Å². The van der Waals surface area contributed by atoms with E-state index in [1.165, 1.54) is 0 Å². The molecule has 0 aliphatic heterocycles. The van der Waals surface area contributed by atoms with Crippen LogP contribution in [0.4, 0.5) is 5.82 Å². The summed E-state index contributed by atoms with van der Waals surface area (Å²) in [7, 11) is 1.92.